The van der Waals surface area contributed by atoms with Crippen LogP contribution in [0.1, 0.15) is 27.8 Å². The molecular formula is C23H26FN5O3S. The van der Waals surface area contributed by atoms with E-state index in [2.05, 4.69) is 15.2 Å². The molecule has 0 bridgehead atoms. The predicted molar refractivity (Wildman–Crippen MR) is 122 cm³/mol. The standard InChI is InChI=1S/C23H26FN5O3S/c1-27-12-14-29(15-13-27)33(31,32)20-5-3-4-18(16-20)23(30)26-21(22-25-10-11-28(22)2)17-6-8-19(24)9-7-17/h3-11,16,21H,12-15H2,1-2H3,(H,26,30). The lowest BCUT2D eigenvalue weighted by molar-refractivity contribution is 0.0941. The van der Waals surface area contributed by atoms with Crippen LogP contribution in [0.4, 0.5) is 4.39 Å². The minimum absolute atomic E-state index is 0.0787. The van der Waals surface area contributed by atoms with Gasteiger partial charge in [-0.05, 0) is 42.9 Å². The van der Waals surface area contributed by atoms with Crippen LogP contribution < -0.4 is 5.32 Å². The summed E-state index contributed by atoms with van der Waals surface area (Å²) in [6, 6.07) is 11.2. The molecule has 8 nitrogen and oxygen atoms in total. The van der Waals surface area contributed by atoms with Gasteiger partial charge in [0.25, 0.3) is 5.91 Å². The molecule has 0 spiro atoms. The molecule has 10 heteroatoms. The first kappa shape index (κ1) is 23.1. The van der Waals surface area contributed by atoms with E-state index in [0.717, 1.165) is 0 Å². The Morgan fingerprint density at radius 1 is 1.06 bits per heavy atom. The smallest absolute Gasteiger partial charge is 0.252 e. The third-order valence-electron chi connectivity index (χ3n) is 5.79. The van der Waals surface area contributed by atoms with Crippen molar-refractivity contribution < 1.29 is 17.6 Å². The third kappa shape index (κ3) is 4.97. The fourth-order valence-corrected chi connectivity index (χ4v) is 5.27. The first-order chi connectivity index (χ1) is 15.8. The summed E-state index contributed by atoms with van der Waals surface area (Å²) in [5, 5.41) is 2.92. The largest absolute Gasteiger partial charge is 0.338 e. The Morgan fingerprint density at radius 2 is 1.76 bits per heavy atom. The minimum Gasteiger partial charge on any atom is -0.338 e. The summed E-state index contributed by atoms with van der Waals surface area (Å²) in [5.74, 6) is -0.274. The molecule has 1 aliphatic rings. The first-order valence-corrected chi connectivity index (χ1v) is 12.0. The number of aromatic nitrogens is 2. The fraction of sp³-hybridized carbons (Fsp3) is 0.304. The second-order valence-electron chi connectivity index (χ2n) is 8.09. The van der Waals surface area contributed by atoms with Crippen LogP contribution in [0, 0.1) is 5.82 Å². The topological polar surface area (TPSA) is 87.5 Å². The SMILES string of the molecule is CN1CCN(S(=O)(=O)c2cccc(C(=O)NC(c3ccc(F)cc3)c3nccn3C)c2)CC1. The van der Waals surface area contributed by atoms with Gasteiger partial charge in [-0.2, -0.15) is 4.31 Å². The molecule has 4 rings (SSSR count). The van der Waals surface area contributed by atoms with E-state index >= 15 is 0 Å². The van der Waals surface area contributed by atoms with Crippen LogP contribution in [0.15, 0.2) is 65.8 Å². The number of carbonyl (C=O) groups excluding carboxylic acids is 1. The van der Waals surface area contributed by atoms with Crippen molar-refractivity contribution in [1.82, 2.24) is 24.1 Å². The zero-order chi connectivity index (χ0) is 23.6. The molecule has 1 atom stereocenters. The van der Waals surface area contributed by atoms with E-state index in [1.165, 1.54) is 28.6 Å². The summed E-state index contributed by atoms with van der Waals surface area (Å²) >= 11 is 0. The van der Waals surface area contributed by atoms with Crippen LogP contribution in [-0.4, -0.2) is 66.3 Å². The maximum absolute atomic E-state index is 13.5. The first-order valence-electron chi connectivity index (χ1n) is 10.6. The fourth-order valence-electron chi connectivity index (χ4n) is 3.80. The number of amides is 1. The number of carbonyl (C=O) groups is 1. The summed E-state index contributed by atoms with van der Waals surface area (Å²) in [7, 11) is 0.0440. The van der Waals surface area contributed by atoms with Crippen molar-refractivity contribution in [2.75, 3.05) is 33.2 Å². The molecule has 1 aliphatic heterocycles. The highest BCUT2D eigenvalue weighted by molar-refractivity contribution is 7.89. The highest BCUT2D eigenvalue weighted by Crippen LogP contribution is 2.23. The zero-order valence-electron chi connectivity index (χ0n) is 18.5. The molecule has 33 heavy (non-hydrogen) atoms. The van der Waals surface area contributed by atoms with Gasteiger partial charge in [-0.15, -0.1) is 0 Å². The predicted octanol–water partition coefficient (Wildman–Crippen LogP) is 2.01. The maximum atomic E-state index is 13.5. The van der Waals surface area contributed by atoms with Gasteiger partial charge < -0.3 is 14.8 Å². The summed E-state index contributed by atoms with van der Waals surface area (Å²) in [4.78, 5) is 19.6. The van der Waals surface area contributed by atoms with Crippen LogP contribution in [-0.2, 0) is 17.1 Å². The Balaban J connectivity index is 1.60. The van der Waals surface area contributed by atoms with E-state index < -0.39 is 22.0 Å². The van der Waals surface area contributed by atoms with Gasteiger partial charge in [0.2, 0.25) is 10.0 Å². The lowest BCUT2D eigenvalue weighted by Gasteiger charge is -2.31. The van der Waals surface area contributed by atoms with Gasteiger partial charge in [0.15, 0.2) is 0 Å². The van der Waals surface area contributed by atoms with E-state index in [9.17, 15) is 17.6 Å². The van der Waals surface area contributed by atoms with Crippen LogP contribution in [0.25, 0.3) is 0 Å². The molecule has 1 saturated heterocycles. The number of nitrogens with zero attached hydrogens (tertiary/aromatic N) is 4. The molecule has 0 aliphatic carbocycles. The molecule has 2 heterocycles. The summed E-state index contributed by atoms with van der Waals surface area (Å²) in [6.07, 6.45) is 3.36. The summed E-state index contributed by atoms with van der Waals surface area (Å²) < 4.78 is 42.9. The lowest BCUT2D eigenvalue weighted by Crippen LogP contribution is -2.47. The molecule has 1 unspecified atom stereocenters. The number of rotatable bonds is 6. The Bertz CT molecular complexity index is 1230. The number of piperazine rings is 1. The number of likely N-dealkylation sites (N-methyl/N-ethyl adjacent to an activating group) is 1. The third-order valence-corrected chi connectivity index (χ3v) is 7.69. The van der Waals surface area contributed by atoms with Crippen LogP contribution in [0.5, 0.6) is 0 Å². The van der Waals surface area contributed by atoms with E-state index in [4.69, 9.17) is 0 Å². The molecule has 1 amide bonds. The molecule has 174 valence electrons. The molecule has 0 saturated carbocycles. The average Bonchev–Trinajstić information content (AvgIpc) is 3.24. The van der Waals surface area contributed by atoms with Gasteiger partial charge in [-0.3, -0.25) is 4.79 Å². The molecule has 3 aromatic rings. The van der Waals surface area contributed by atoms with Gasteiger partial charge in [-0.25, -0.2) is 17.8 Å². The van der Waals surface area contributed by atoms with Gasteiger partial charge in [0.1, 0.15) is 17.7 Å². The van der Waals surface area contributed by atoms with E-state index in [0.29, 0.717) is 37.6 Å². The highest BCUT2D eigenvalue weighted by atomic mass is 32.2. The molecule has 1 fully saturated rings. The van der Waals surface area contributed by atoms with Crippen LogP contribution in [0.3, 0.4) is 0 Å². The summed E-state index contributed by atoms with van der Waals surface area (Å²) in [5.41, 5.74) is 0.867. The van der Waals surface area contributed by atoms with Gasteiger partial charge in [-0.1, -0.05) is 18.2 Å². The van der Waals surface area contributed by atoms with Crippen molar-refractivity contribution in [3.63, 3.8) is 0 Å². The van der Waals surface area contributed by atoms with Crippen molar-refractivity contribution in [3.05, 3.63) is 83.7 Å². The number of aryl methyl sites for hydroxylation is 1. The number of halogens is 1. The molecule has 1 N–H and O–H groups in total. The summed E-state index contributed by atoms with van der Waals surface area (Å²) in [6.45, 7) is 2.12. The molecular weight excluding hydrogens is 445 g/mol. The normalized spacial score (nSPS) is 16.5. The van der Waals surface area contributed by atoms with E-state index in [-0.39, 0.29) is 16.3 Å². The van der Waals surface area contributed by atoms with Crippen molar-refractivity contribution in [1.29, 1.82) is 0 Å². The van der Waals surface area contributed by atoms with Crippen LogP contribution >= 0.6 is 0 Å². The van der Waals surface area contributed by atoms with Crippen molar-refractivity contribution in [3.8, 4) is 0 Å². The Morgan fingerprint density at radius 3 is 2.39 bits per heavy atom. The Hall–Kier alpha value is -3.08. The second kappa shape index (κ2) is 9.42. The van der Waals surface area contributed by atoms with Crippen molar-refractivity contribution in [2.45, 2.75) is 10.9 Å². The number of hydrogen-bond acceptors (Lipinski definition) is 5. The van der Waals surface area contributed by atoms with Gasteiger partial charge in [0.05, 0.1) is 4.90 Å². The quantitative estimate of drug-likeness (QED) is 0.594. The number of imidazole rings is 1. The van der Waals surface area contributed by atoms with Gasteiger partial charge >= 0.3 is 0 Å². The van der Waals surface area contributed by atoms with E-state index in [1.54, 1.807) is 48.3 Å². The Kier molecular flexibility index (Phi) is 6.59. The van der Waals surface area contributed by atoms with Crippen LogP contribution in [0.2, 0.25) is 0 Å². The van der Waals surface area contributed by atoms with Gasteiger partial charge in [0, 0.05) is 51.2 Å². The molecule has 1 aromatic heterocycles. The molecule has 2 aromatic carbocycles. The Labute approximate surface area is 192 Å². The number of nitrogens with one attached hydrogen (secondary N) is 1. The number of sulfonamides is 1. The minimum atomic E-state index is -3.71. The highest BCUT2D eigenvalue weighted by Gasteiger charge is 2.28. The number of hydrogen-bond donors (Lipinski definition) is 1. The maximum Gasteiger partial charge on any atom is 0.252 e. The molecule has 0 radical (unpaired) electrons. The lowest BCUT2D eigenvalue weighted by atomic mass is 10.1. The average molecular weight is 472 g/mol. The van der Waals surface area contributed by atoms with Crippen molar-refractivity contribution in [2.24, 2.45) is 7.05 Å². The second-order valence-corrected chi connectivity index (χ2v) is 10.0. The van der Waals surface area contributed by atoms with Crippen molar-refractivity contribution >= 4 is 15.9 Å². The monoisotopic (exact) mass is 471 g/mol. The zero-order valence-corrected chi connectivity index (χ0v) is 19.3. The number of benzene rings is 2. The van der Waals surface area contributed by atoms with E-state index in [1.807, 2.05) is 7.05 Å².